The lowest BCUT2D eigenvalue weighted by atomic mass is 10.1. The molecular formula is C21H27N3O2. The second-order valence-electron chi connectivity index (χ2n) is 6.51. The van der Waals surface area contributed by atoms with Crippen molar-refractivity contribution in [3.05, 3.63) is 71.3 Å². The Morgan fingerprint density at radius 1 is 0.885 bits per heavy atom. The first-order valence-electron chi connectivity index (χ1n) is 8.87. The quantitative estimate of drug-likeness (QED) is 0.681. The van der Waals surface area contributed by atoms with E-state index in [1.54, 1.807) is 12.1 Å². The van der Waals surface area contributed by atoms with Crippen LogP contribution >= 0.6 is 0 Å². The predicted octanol–water partition coefficient (Wildman–Crippen LogP) is 2.57. The minimum Gasteiger partial charge on any atom is -0.352 e. The van der Waals surface area contributed by atoms with Crippen LogP contribution in [0.5, 0.6) is 0 Å². The molecule has 0 unspecified atom stereocenters. The van der Waals surface area contributed by atoms with Crippen LogP contribution in [0.4, 0.5) is 0 Å². The predicted molar refractivity (Wildman–Crippen MR) is 104 cm³/mol. The molecule has 0 aliphatic rings. The standard InChI is InChI=1S/C21H27N3O2/c1-24(2)16-19-12-7-6-11-18(19)15-23-20(25)13-8-14-22-21(26)17-9-4-3-5-10-17/h3-7,9-12H,8,13-16H2,1-2H3,(H,22,26)(H,23,25). The molecule has 0 aliphatic carbocycles. The molecule has 26 heavy (non-hydrogen) atoms. The van der Waals surface area contributed by atoms with Crippen molar-refractivity contribution in [1.29, 1.82) is 0 Å². The van der Waals surface area contributed by atoms with E-state index in [-0.39, 0.29) is 11.8 Å². The summed E-state index contributed by atoms with van der Waals surface area (Å²) in [7, 11) is 4.05. The molecule has 0 heterocycles. The number of benzene rings is 2. The number of carbonyl (C=O) groups is 2. The lowest BCUT2D eigenvalue weighted by molar-refractivity contribution is -0.121. The molecule has 0 saturated carbocycles. The third-order valence-electron chi connectivity index (χ3n) is 3.98. The van der Waals surface area contributed by atoms with E-state index in [2.05, 4.69) is 21.6 Å². The maximum absolute atomic E-state index is 12.0. The lowest BCUT2D eigenvalue weighted by Gasteiger charge is -2.14. The molecule has 2 rings (SSSR count). The molecule has 0 spiro atoms. The van der Waals surface area contributed by atoms with Gasteiger partial charge in [0.05, 0.1) is 0 Å². The van der Waals surface area contributed by atoms with Crippen LogP contribution in [0.1, 0.15) is 34.3 Å². The molecule has 0 radical (unpaired) electrons. The largest absolute Gasteiger partial charge is 0.352 e. The van der Waals surface area contributed by atoms with Gasteiger partial charge in [0.15, 0.2) is 0 Å². The highest BCUT2D eigenvalue weighted by Gasteiger charge is 2.07. The van der Waals surface area contributed by atoms with E-state index in [9.17, 15) is 9.59 Å². The number of amides is 2. The molecule has 2 N–H and O–H groups in total. The fraction of sp³-hybridized carbons (Fsp3) is 0.333. The van der Waals surface area contributed by atoms with Gasteiger partial charge < -0.3 is 15.5 Å². The first-order valence-corrected chi connectivity index (χ1v) is 8.87. The van der Waals surface area contributed by atoms with Crippen LogP contribution in [0.25, 0.3) is 0 Å². The molecule has 5 heteroatoms. The second kappa shape index (κ2) is 10.4. The zero-order valence-corrected chi connectivity index (χ0v) is 15.5. The zero-order valence-electron chi connectivity index (χ0n) is 15.5. The van der Waals surface area contributed by atoms with Crippen molar-refractivity contribution in [3.63, 3.8) is 0 Å². The Hall–Kier alpha value is -2.66. The van der Waals surface area contributed by atoms with Crippen molar-refractivity contribution >= 4 is 11.8 Å². The van der Waals surface area contributed by atoms with E-state index in [1.807, 2.05) is 50.5 Å². The van der Waals surface area contributed by atoms with Gasteiger partial charge in [-0.2, -0.15) is 0 Å². The molecule has 0 aromatic heterocycles. The van der Waals surface area contributed by atoms with Crippen molar-refractivity contribution < 1.29 is 9.59 Å². The molecule has 0 fully saturated rings. The topological polar surface area (TPSA) is 61.4 Å². The van der Waals surface area contributed by atoms with Crippen molar-refractivity contribution in [2.75, 3.05) is 20.6 Å². The van der Waals surface area contributed by atoms with Crippen LogP contribution in [0.2, 0.25) is 0 Å². The highest BCUT2D eigenvalue weighted by molar-refractivity contribution is 5.94. The van der Waals surface area contributed by atoms with E-state index in [1.165, 1.54) is 5.56 Å². The maximum atomic E-state index is 12.0. The summed E-state index contributed by atoms with van der Waals surface area (Å²) in [5.41, 5.74) is 2.98. The monoisotopic (exact) mass is 353 g/mol. The Balaban J connectivity index is 1.69. The van der Waals surface area contributed by atoms with E-state index >= 15 is 0 Å². The van der Waals surface area contributed by atoms with Gasteiger partial charge in [0.1, 0.15) is 0 Å². The average molecular weight is 353 g/mol. The molecule has 0 aliphatic heterocycles. The lowest BCUT2D eigenvalue weighted by Crippen LogP contribution is -2.27. The van der Waals surface area contributed by atoms with E-state index < -0.39 is 0 Å². The summed E-state index contributed by atoms with van der Waals surface area (Å²) in [6, 6.07) is 17.2. The number of rotatable bonds is 9. The molecule has 0 saturated heterocycles. The highest BCUT2D eigenvalue weighted by Crippen LogP contribution is 2.10. The second-order valence-corrected chi connectivity index (χ2v) is 6.51. The van der Waals surface area contributed by atoms with Gasteiger partial charge in [-0.25, -0.2) is 0 Å². The van der Waals surface area contributed by atoms with Crippen molar-refractivity contribution in [2.24, 2.45) is 0 Å². The van der Waals surface area contributed by atoms with E-state index in [0.717, 1.165) is 12.1 Å². The van der Waals surface area contributed by atoms with Crippen LogP contribution in [0.15, 0.2) is 54.6 Å². The van der Waals surface area contributed by atoms with Gasteiger partial charge in [0, 0.05) is 31.6 Å². The van der Waals surface area contributed by atoms with Gasteiger partial charge in [0.2, 0.25) is 5.91 Å². The van der Waals surface area contributed by atoms with Crippen LogP contribution in [-0.4, -0.2) is 37.4 Å². The summed E-state index contributed by atoms with van der Waals surface area (Å²) in [5, 5.41) is 5.80. The average Bonchev–Trinajstić information content (AvgIpc) is 2.64. The smallest absolute Gasteiger partial charge is 0.251 e. The molecule has 0 atom stereocenters. The van der Waals surface area contributed by atoms with Crippen LogP contribution in [0, 0.1) is 0 Å². The molecular weight excluding hydrogens is 326 g/mol. The van der Waals surface area contributed by atoms with E-state index in [0.29, 0.717) is 31.5 Å². The third kappa shape index (κ3) is 6.69. The molecule has 2 aromatic carbocycles. The number of hydrogen-bond donors (Lipinski definition) is 2. The van der Waals surface area contributed by atoms with Crippen molar-refractivity contribution in [1.82, 2.24) is 15.5 Å². The van der Waals surface area contributed by atoms with Gasteiger partial charge in [-0.05, 0) is 43.8 Å². The number of nitrogens with one attached hydrogen (secondary N) is 2. The molecule has 2 aromatic rings. The first-order chi connectivity index (χ1) is 12.6. The Bertz CT molecular complexity index is 714. The fourth-order valence-corrected chi connectivity index (χ4v) is 2.65. The first kappa shape index (κ1) is 19.7. The minimum absolute atomic E-state index is 0.00128. The summed E-state index contributed by atoms with van der Waals surface area (Å²) in [4.78, 5) is 26.0. The van der Waals surface area contributed by atoms with Gasteiger partial charge in [-0.1, -0.05) is 42.5 Å². The molecule has 5 nitrogen and oxygen atoms in total. The van der Waals surface area contributed by atoms with Gasteiger partial charge in [-0.3, -0.25) is 9.59 Å². The SMILES string of the molecule is CN(C)Cc1ccccc1CNC(=O)CCCNC(=O)c1ccccc1. The zero-order chi connectivity index (χ0) is 18.8. The van der Waals surface area contributed by atoms with Crippen LogP contribution in [0.3, 0.4) is 0 Å². The third-order valence-corrected chi connectivity index (χ3v) is 3.98. The number of hydrogen-bond acceptors (Lipinski definition) is 3. The summed E-state index contributed by atoms with van der Waals surface area (Å²) in [6.45, 7) is 1.86. The molecule has 0 bridgehead atoms. The Morgan fingerprint density at radius 2 is 1.54 bits per heavy atom. The van der Waals surface area contributed by atoms with Crippen molar-refractivity contribution in [2.45, 2.75) is 25.9 Å². The van der Waals surface area contributed by atoms with Gasteiger partial charge in [0.25, 0.3) is 5.91 Å². The molecule has 2 amide bonds. The summed E-state index contributed by atoms with van der Waals surface area (Å²) < 4.78 is 0. The molecule has 138 valence electrons. The van der Waals surface area contributed by atoms with E-state index in [4.69, 9.17) is 0 Å². The Labute approximate surface area is 155 Å². The number of nitrogens with zero attached hydrogens (tertiary/aromatic N) is 1. The Kier molecular flexibility index (Phi) is 7.83. The minimum atomic E-state index is -0.108. The highest BCUT2D eigenvalue weighted by atomic mass is 16.2. The number of carbonyl (C=O) groups excluding carboxylic acids is 2. The van der Waals surface area contributed by atoms with Crippen molar-refractivity contribution in [3.8, 4) is 0 Å². The van der Waals surface area contributed by atoms with Crippen LogP contribution < -0.4 is 10.6 Å². The van der Waals surface area contributed by atoms with Gasteiger partial charge in [-0.15, -0.1) is 0 Å². The van der Waals surface area contributed by atoms with Gasteiger partial charge >= 0.3 is 0 Å². The summed E-state index contributed by atoms with van der Waals surface area (Å²) >= 11 is 0. The Morgan fingerprint density at radius 3 is 2.23 bits per heavy atom. The normalized spacial score (nSPS) is 10.6. The maximum Gasteiger partial charge on any atom is 0.251 e. The summed E-state index contributed by atoms with van der Waals surface area (Å²) in [5.74, 6) is -0.109. The van der Waals surface area contributed by atoms with Crippen LogP contribution in [-0.2, 0) is 17.9 Å². The summed E-state index contributed by atoms with van der Waals surface area (Å²) in [6.07, 6.45) is 1.01. The fourth-order valence-electron chi connectivity index (χ4n) is 2.65.